The summed E-state index contributed by atoms with van der Waals surface area (Å²) in [4.78, 5) is 13.6. The number of benzene rings is 1. The molecule has 1 aliphatic rings. The molecule has 82 valence electrons. The minimum absolute atomic E-state index is 0.140. The number of carbonyl (C=O) groups excluding carboxylic acids is 1. The van der Waals surface area contributed by atoms with E-state index in [-0.39, 0.29) is 11.7 Å². The molecule has 0 N–H and O–H groups in total. The van der Waals surface area contributed by atoms with E-state index in [4.69, 9.17) is 12.2 Å². The second-order valence-corrected chi connectivity index (χ2v) is 4.97. The molecular formula is C11H8FNOS2. The molecule has 0 atom stereocenters. The Balaban J connectivity index is 2.33. The minimum atomic E-state index is -0.319. The van der Waals surface area contributed by atoms with Gasteiger partial charge in [0.05, 0.1) is 4.91 Å². The van der Waals surface area contributed by atoms with E-state index in [9.17, 15) is 9.18 Å². The van der Waals surface area contributed by atoms with Gasteiger partial charge >= 0.3 is 0 Å². The lowest BCUT2D eigenvalue weighted by Crippen LogP contribution is -2.22. The van der Waals surface area contributed by atoms with Crippen LogP contribution >= 0.6 is 24.0 Å². The number of amides is 1. The fourth-order valence-corrected chi connectivity index (χ4v) is 2.47. The van der Waals surface area contributed by atoms with Crippen LogP contribution in [0.5, 0.6) is 0 Å². The van der Waals surface area contributed by atoms with Crippen LogP contribution in [0.3, 0.4) is 0 Å². The van der Waals surface area contributed by atoms with E-state index in [1.165, 1.54) is 28.8 Å². The SMILES string of the molecule is CN1C(=O)C(=Cc2cccc(F)c2)SC1=S. The van der Waals surface area contributed by atoms with Crippen molar-refractivity contribution in [1.82, 2.24) is 4.90 Å². The van der Waals surface area contributed by atoms with Crippen molar-refractivity contribution in [2.45, 2.75) is 0 Å². The number of hydrogen-bond acceptors (Lipinski definition) is 3. The molecule has 5 heteroatoms. The molecule has 0 spiro atoms. The van der Waals surface area contributed by atoms with Crippen LogP contribution in [-0.4, -0.2) is 22.2 Å². The summed E-state index contributed by atoms with van der Waals surface area (Å²) in [5, 5.41) is 0. The molecule has 1 saturated heterocycles. The van der Waals surface area contributed by atoms with Crippen molar-refractivity contribution in [3.8, 4) is 0 Å². The van der Waals surface area contributed by atoms with Crippen molar-refractivity contribution in [3.05, 3.63) is 40.6 Å². The van der Waals surface area contributed by atoms with Crippen molar-refractivity contribution in [2.24, 2.45) is 0 Å². The largest absolute Gasteiger partial charge is 0.296 e. The fraction of sp³-hybridized carbons (Fsp3) is 0.0909. The lowest BCUT2D eigenvalue weighted by atomic mass is 10.2. The van der Waals surface area contributed by atoms with Crippen LogP contribution < -0.4 is 0 Å². The van der Waals surface area contributed by atoms with E-state index in [2.05, 4.69) is 0 Å². The molecule has 1 aromatic rings. The Kier molecular flexibility index (Phi) is 3.07. The molecule has 2 nitrogen and oxygen atoms in total. The minimum Gasteiger partial charge on any atom is -0.296 e. The van der Waals surface area contributed by atoms with Gasteiger partial charge in [-0.1, -0.05) is 36.1 Å². The average Bonchev–Trinajstić information content (AvgIpc) is 2.47. The molecule has 1 heterocycles. The summed E-state index contributed by atoms with van der Waals surface area (Å²) in [6, 6.07) is 6.09. The first-order valence-electron chi connectivity index (χ1n) is 4.55. The van der Waals surface area contributed by atoms with Gasteiger partial charge in [0.15, 0.2) is 0 Å². The Morgan fingerprint density at radius 3 is 2.81 bits per heavy atom. The van der Waals surface area contributed by atoms with Gasteiger partial charge in [0, 0.05) is 7.05 Å². The zero-order chi connectivity index (χ0) is 11.7. The first-order chi connectivity index (χ1) is 7.58. The first kappa shape index (κ1) is 11.3. The maximum atomic E-state index is 12.9. The Morgan fingerprint density at radius 2 is 2.25 bits per heavy atom. The van der Waals surface area contributed by atoms with Gasteiger partial charge in [-0.2, -0.15) is 0 Å². The maximum absolute atomic E-state index is 12.9. The summed E-state index contributed by atoms with van der Waals surface area (Å²) in [6.45, 7) is 0. The lowest BCUT2D eigenvalue weighted by Gasteiger charge is -2.03. The third-order valence-electron chi connectivity index (χ3n) is 2.13. The number of likely N-dealkylation sites (N-methyl/N-ethyl adjacent to an activating group) is 1. The van der Waals surface area contributed by atoms with Gasteiger partial charge in [-0.25, -0.2) is 4.39 Å². The molecule has 0 bridgehead atoms. The van der Waals surface area contributed by atoms with E-state index in [0.29, 0.717) is 14.8 Å². The topological polar surface area (TPSA) is 20.3 Å². The van der Waals surface area contributed by atoms with Gasteiger partial charge in [0.25, 0.3) is 5.91 Å². The molecule has 1 fully saturated rings. The third-order valence-corrected chi connectivity index (χ3v) is 3.62. The molecule has 0 saturated carbocycles. The lowest BCUT2D eigenvalue weighted by molar-refractivity contribution is -0.121. The number of carbonyl (C=O) groups is 1. The maximum Gasteiger partial charge on any atom is 0.265 e. The van der Waals surface area contributed by atoms with Gasteiger partial charge < -0.3 is 0 Å². The van der Waals surface area contributed by atoms with Crippen molar-refractivity contribution in [2.75, 3.05) is 7.05 Å². The summed E-state index contributed by atoms with van der Waals surface area (Å²) < 4.78 is 13.5. The highest BCUT2D eigenvalue weighted by Crippen LogP contribution is 2.31. The molecule has 2 rings (SSSR count). The Hall–Kier alpha value is -1.20. The molecule has 1 aromatic carbocycles. The number of rotatable bonds is 1. The number of halogens is 1. The summed E-state index contributed by atoms with van der Waals surface area (Å²) in [5.74, 6) is -0.458. The Bertz CT molecular complexity index is 499. The van der Waals surface area contributed by atoms with Crippen LogP contribution in [0.4, 0.5) is 4.39 Å². The highest BCUT2D eigenvalue weighted by molar-refractivity contribution is 8.26. The second kappa shape index (κ2) is 4.35. The van der Waals surface area contributed by atoms with E-state index >= 15 is 0 Å². The average molecular weight is 253 g/mol. The normalized spacial score (nSPS) is 18.6. The molecule has 1 amide bonds. The zero-order valence-electron chi connectivity index (χ0n) is 8.44. The van der Waals surface area contributed by atoms with Gasteiger partial charge in [0.1, 0.15) is 10.1 Å². The first-order valence-corrected chi connectivity index (χ1v) is 5.77. The van der Waals surface area contributed by atoms with Crippen LogP contribution in [0.15, 0.2) is 29.2 Å². The number of hydrogen-bond donors (Lipinski definition) is 0. The van der Waals surface area contributed by atoms with Crippen LogP contribution in [0.25, 0.3) is 6.08 Å². The third kappa shape index (κ3) is 2.15. The molecule has 0 aliphatic carbocycles. The van der Waals surface area contributed by atoms with E-state index < -0.39 is 0 Å². The fourth-order valence-electron chi connectivity index (χ4n) is 1.29. The molecule has 1 aliphatic heterocycles. The van der Waals surface area contributed by atoms with Crippen molar-refractivity contribution in [3.63, 3.8) is 0 Å². The second-order valence-electron chi connectivity index (χ2n) is 3.30. The molecule has 0 unspecified atom stereocenters. The van der Waals surface area contributed by atoms with Crippen LogP contribution in [0, 0.1) is 5.82 Å². The quantitative estimate of drug-likeness (QED) is 0.567. The number of thiocarbonyl (C=S) groups is 1. The van der Waals surface area contributed by atoms with E-state index in [0.717, 1.165) is 0 Å². The van der Waals surface area contributed by atoms with E-state index in [1.807, 2.05) is 0 Å². The van der Waals surface area contributed by atoms with Crippen LogP contribution in [0.1, 0.15) is 5.56 Å². The van der Waals surface area contributed by atoms with Crippen molar-refractivity contribution < 1.29 is 9.18 Å². The van der Waals surface area contributed by atoms with Gasteiger partial charge in [-0.15, -0.1) is 0 Å². The zero-order valence-corrected chi connectivity index (χ0v) is 10.1. The Morgan fingerprint density at radius 1 is 1.50 bits per heavy atom. The van der Waals surface area contributed by atoms with Gasteiger partial charge in [-0.05, 0) is 23.8 Å². The number of thioether (sulfide) groups is 1. The van der Waals surface area contributed by atoms with Gasteiger partial charge in [0.2, 0.25) is 0 Å². The molecular weight excluding hydrogens is 245 g/mol. The monoisotopic (exact) mass is 253 g/mol. The molecule has 0 aromatic heterocycles. The molecule has 0 radical (unpaired) electrons. The predicted octanol–water partition coefficient (Wildman–Crippen LogP) is 2.66. The van der Waals surface area contributed by atoms with Gasteiger partial charge in [-0.3, -0.25) is 9.69 Å². The Labute approximate surface area is 102 Å². The van der Waals surface area contributed by atoms with E-state index in [1.54, 1.807) is 25.3 Å². The van der Waals surface area contributed by atoms with Crippen molar-refractivity contribution >= 4 is 40.3 Å². The standard InChI is InChI=1S/C11H8FNOS2/c1-13-10(14)9(16-11(13)15)6-7-3-2-4-8(12)5-7/h2-6H,1H3. The number of nitrogens with zero attached hydrogens (tertiary/aromatic N) is 1. The summed E-state index contributed by atoms with van der Waals surface area (Å²) >= 11 is 6.22. The summed E-state index contributed by atoms with van der Waals surface area (Å²) in [5.41, 5.74) is 0.661. The summed E-state index contributed by atoms with van der Waals surface area (Å²) in [6.07, 6.45) is 1.64. The summed E-state index contributed by atoms with van der Waals surface area (Å²) in [7, 11) is 1.63. The van der Waals surface area contributed by atoms with Crippen LogP contribution in [0.2, 0.25) is 0 Å². The smallest absolute Gasteiger partial charge is 0.265 e. The highest BCUT2D eigenvalue weighted by Gasteiger charge is 2.28. The van der Waals surface area contributed by atoms with Crippen LogP contribution in [-0.2, 0) is 4.79 Å². The highest BCUT2D eigenvalue weighted by atomic mass is 32.2. The van der Waals surface area contributed by atoms with Crippen molar-refractivity contribution in [1.29, 1.82) is 0 Å². The molecule has 16 heavy (non-hydrogen) atoms. The predicted molar refractivity (Wildman–Crippen MR) is 67.3 cm³/mol.